The van der Waals surface area contributed by atoms with Crippen LogP contribution in [0.25, 0.3) is 0 Å². The number of aliphatic hydroxyl groups is 1. The van der Waals surface area contributed by atoms with E-state index in [2.05, 4.69) is 10.6 Å². The molecule has 0 bridgehead atoms. The summed E-state index contributed by atoms with van der Waals surface area (Å²) in [7, 11) is 0. The number of carbonyl (C=O) groups excluding carboxylic acids is 1. The minimum atomic E-state index is -0.247. The van der Waals surface area contributed by atoms with Crippen molar-refractivity contribution in [1.29, 1.82) is 0 Å². The van der Waals surface area contributed by atoms with E-state index in [-0.39, 0.29) is 24.0 Å². The molecule has 1 heterocycles. The molecule has 0 aromatic heterocycles. The summed E-state index contributed by atoms with van der Waals surface area (Å²) < 4.78 is 0. The molecule has 1 saturated heterocycles. The zero-order chi connectivity index (χ0) is 10.6. The summed E-state index contributed by atoms with van der Waals surface area (Å²) in [5.74, 6) is 0.0755. The first-order valence-corrected chi connectivity index (χ1v) is 5.27. The maximum Gasteiger partial charge on any atom is 0.227 e. The van der Waals surface area contributed by atoms with E-state index in [4.69, 9.17) is 5.11 Å². The molecule has 1 rings (SSSR count). The third-order valence-electron chi connectivity index (χ3n) is 3.05. The van der Waals surface area contributed by atoms with Crippen molar-refractivity contribution >= 4 is 5.91 Å². The lowest BCUT2D eigenvalue weighted by Crippen LogP contribution is -2.46. The molecule has 1 fully saturated rings. The van der Waals surface area contributed by atoms with Crippen LogP contribution in [0.2, 0.25) is 0 Å². The summed E-state index contributed by atoms with van der Waals surface area (Å²) in [6.45, 7) is 5.51. The van der Waals surface area contributed by atoms with Crippen LogP contribution in [0.15, 0.2) is 0 Å². The van der Waals surface area contributed by atoms with Crippen molar-refractivity contribution in [2.24, 2.45) is 5.41 Å². The molecule has 2 atom stereocenters. The molecule has 14 heavy (non-hydrogen) atoms. The Morgan fingerprint density at radius 2 is 2.43 bits per heavy atom. The van der Waals surface area contributed by atoms with Gasteiger partial charge in [-0.1, -0.05) is 6.92 Å². The van der Waals surface area contributed by atoms with Gasteiger partial charge in [-0.25, -0.2) is 0 Å². The highest BCUT2D eigenvalue weighted by Crippen LogP contribution is 2.29. The monoisotopic (exact) mass is 200 g/mol. The van der Waals surface area contributed by atoms with Crippen molar-refractivity contribution in [3.63, 3.8) is 0 Å². The lowest BCUT2D eigenvalue weighted by atomic mass is 9.83. The van der Waals surface area contributed by atoms with Crippen LogP contribution in [0.3, 0.4) is 0 Å². The summed E-state index contributed by atoms with van der Waals surface area (Å²) in [5.41, 5.74) is -0.247. The Hall–Kier alpha value is -0.610. The fourth-order valence-electron chi connectivity index (χ4n) is 1.82. The normalized spacial score (nSPS) is 28.8. The van der Waals surface area contributed by atoms with Gasteiger partial charge in [0, 0.05) is 12.6 Å². The molecule has 1 aliphatic heterocycles. The highest BCUT2D eigenvalue weighted by atomic mass is 16.3. The average Bonchev–Trinajstić information content (AvgIpc) is 2.67. The van der Waals surface area contributed by atoms with Gasteiger partial charge in [0.2, 0.25) is 5.91 Å². The first-order valence-electron chi connectivity index (χ1n) is 5.27. The number of rotatable bonds is 4. The molecule has 4 heteroatoms. The quantitative estimate of drug-likeness (QED) is 0.592. The Morgan fingerprint density at radius 1 is 1.71 bits per heavy atom. The van der Waals surface area contributed by atoms with Crippen LogP contribution in [0.1, 0.15) is 26.7 Å². The van der Waals surface area contributed by atoms with Crippen LogP contribution in [-0.4, -0.2) is 36.8 Å². The van der Waals surface area contributed by atoms with E-state index in [1.807, 2.05) is 13.8 Å². The van der Waals surface area contributed by atoms with Crippen molar-refractivity contribution in [3.8, 4) is 0 Å². The summed E-state index contributed by atoms with van der Waals surface area (Å²) in [4.78, 5) is 11.9. The van der Waals surface area contributed by atoms with Crippen LogP contribution in [-0.2, 0) is 4.79 Å². The van der Waals surface area contributed by atoms with Crippen molar-refractivity contribution in [2.75, 3.05) is 19.7 Å². The number of hydrogen-bond donors (Lipinski definition) is 3. The first-order chi connectivity index (χ1) is 6.64. The molecule has 82 valence electrons. The topological polar surface area (TPSA) is 61.4 Å². The highest BCUT2D eigenvalue weighted by Gasteiger charge is 2.39. The molecule has 0 saturated carbocycles. The molecular weight excluding hydrogens is 180 g/mol. The molecule has 3 N–H and O–H groups in total. The lowest BCUT2D eigenvalue weighted by molar-refractivity contribution is -0.131. The predicted octanol–water partition coefficient (Wildman–Crippen LogP) is -0.127. The molecule has 0 spiro atoms. The summed E-state index contributed by atoms with van der Waals surface area (Å²) in [6.07, 6.45) is 1.75. The lowest BCUT2D eigenvalue weighted by Gasteiger charge is -2.26. The van der Waals surface area contributed by atoms with E-state index in [9.17, 15) is 4.79 Å². The third-order valence-corrected chi connectivity index (χ3v) is 3.05. The van der Waals surface area contributed by atoms with Gasteiger partial charge < -0.3 is 15.7 Å². The minimum Gasteiger partial charge on any atom is -0.394 e. The highest BCUT2D eigenvalue weighted by molar-refractivity contribution is 5.83. The van der Waals surface area contributed by atoms with Gasteiger partial charge in [-0.15, -0.1) is 0 Å². The largest absolute Gasteiger partial charge is 0.394 e. The van der Waals surface area contributed by atoms with Gasteiger partial charge in [-0.3, -0.25) is 4.79 Å². The summed E-state index contributed by atoms with van der Waals surface area (Å²) >= 11 is 0. The zero-order valence-corrected chi connectivity index (χ0v) is 8.97. The van der Waals surface area contributed by atoms with Crippen LogP contribution in [0.5, 0.6) is 0 Å². The van der Waals surface area contributed by atoms with Gasteiger partial charge in [0.1, 0.15) is 0 Å². The van der Waals surface area contributed by atoms with Gasteiger partial charge in [-0.05, 0) is 26.3 Å². The van der Waals surface area contributed by atoms with Crippen molar-refractivity contribution in [3.05, 3.63) is 0 Å². The molecule has 0 radical (unpaired) electrons. The second-order valence-electron chi connectivity index (χ2n) is 4.12. The second-order valence-corrected chi connectivity index (χ2v) is 4.12. The number of amides is 1. The Bertz CT molecular complexity index is 200. The molecule has 1 amide bonds. The summed E-state index contributed by atoms with van der Waals surface area (Å²) in [5, 5.41) is 14.9. The Balaban J connectivity index is 2.56. The SMILES string of the molecule is CCC1(C(=O)N[C@H](C)CO)CCNC1. The zero-order valence-electron chi connectivity index (χ0n) is 8.97. The number of aliphatic hydroxyl groups excluding tert-OH is 1. The molecule has 0 aliphatic carbocycles. The van der Waals surface area contributed by atoms with Gasteiger partial charge in [0.15, 0.2) is 0 Å². The van der Waals surface area contributed by atoms with Crippen molar-refractivity contribution in [1.82, 2.24) is 10.6 Å². The fourth-order valence-corrected chi connectivity index (χ4v) is 1.82. The van der Waals surface area contributed by atoms with E-state index in [0.29, 0.717) is 0 Å². The first kappa shape index (κ1) is 11.5. The minimum absolute atomic E-state index is 0.00103. The van der Waals surface area contributed by atoms with E-state index >= 15 is 0 Å². The number of carbonyl (C=O) groups is 1. The van der Waals surface area contributed by atoms with Crippen LogP contribution in [0, 0.1) is 5.41 Å². The molecular formula is C10H20N2O2. The average molecular weight is 200 g/mol. The van der Waals surface area contributed by atoms with Crippen LogP contribution in [0.4, 0.5) is 0 Å². The van der Waals surface area contributed by atoms with Gasteiger partial charge in [-0.2, -0.15) is 0 Å². The van der Waals surface area contributed by atoms with Crippen LogP contribution >= 0.6 is 0 Å². The van der Waals surface area contributed by atoms with Gasteiger partial charge in [0.25, 0.3) is 0 Å². The smallest absolute Gasteiger partial charge is 0.227 e. The van der Waals surface area contributed by atoms with E-state index < -0.39 is 0 Å². The number of hydrogen-bond acceptors (Lipinski definition) is 3. The van der Waals surface area contributed by atoms with Gasteiger partial charge >= 0.3 is 0 Å². The van der Waals surface area contributed by atoms with Crippen molar-refractivity contribution < 1.29 is 9.90 Å². The maximum atomic E-state index is 11.9. The molecule has 0 aromatic rings. The second kappa shape index (κ2) is 4.75. The molecule has 1 aliphatic rings. The summed E-state index contributed by atoms with van der Waals surface area (Å²) in [6, 6.07) is -0.147. The maximum absolute atomic E-state index is 11.9. The van der Waals surface area contributed by atoms with E-state index in [0.717, 1.165) is 25.9 Å². The Morgan fingerprint density at radius 3 is 2.86 bits per heavy atom. The van der Waals surface area contributed by atoms with E-state index in [1.165, 1.54) is 0 Å². The fraction of sp³-hybridized carbons (Fsp3) is 0.900. The van der Waals surface area contributed by atoms with Crippen LogP contribution < -0.4 is 10.6 Å². The van der Waals surface area contributed by atoms with Crippen molar-refractivity contribution in [2.45, 2.75) is 32.7 Å². The predicted molar refractivity (Wildman–Crippen MR) is 54.9 cm³/mol. The number of nitrogens with one attached hydrogen (secondary N) is 2. The Labute approximate surface area is 85.1 Å². The standard InChI is InChI=1S/C10H20N2O2/c1-3-10(4-5-11-7-10)9(14)12-8(2)6-13/h8,11,13H,3-7H2,1-2H3,(H,12,14)/t8-,10?/m1/s1. The van der Waals surface area contributed by atoms with Gasteiger partial charge in [0.05, 0.1) is 12.0 Å². The van der Waals surface area contributed by atoms with E-state index in [1.54, 1.807) is 0 Å². The molecule has 1 unspecified atom stereocenters. The molecule has 0 aromatic carbocycles. The molecule has 4 nitrogen and oxygen atoms in total. The third kappa shape index (κ3) is 2.25. The Kier molecular flexibility index (Phi) is 3.89.